The number of hydrogen-bond acceptors (Lipinski definition) is 4. The predicted molar refractivity (Wildman–Crippen MR) is 85.8 cm³/mol. The molecule has 1 aliphatic rings. The highest BCUT2D eigenvalue weighted by Crippen LogP contribution is 2.20. The standard InChI is InChI=1S/C15H22FN3O3S/c1-18-7-9-19(10-8-18)15(20)11-14(17-23(2,21)22)12-3-5-13(16)6-4-12/h3-6,14,17H,7-11H2,1-2H3. The van der Waals surface area contributed by atoms with Crippen molar-refractivity contribution in [3.63, 3.8) is 0 Å². The summed E-state index contributed by atoms with van der Waals surface area (Å²) in [5.74, 6) is -0.513. The summed E-state index contributed by atoms with van der Waals surface area (Å²) in [7, 11) is -1.50. The normalized spacial score (nSPS) is 18.0. The Morgan fingerprint density at radius 3 is 2.30 bits per heavy atom. The number of piperazine rings is 1. The van der Waals surface area contributed by atoms with Gasteiger partial charge in [0.25, 0.3) is 0 Å². The van der Waals surface area contributed by atoms with Gasteiger partial charge in [0.1, 0.15) is 5.82 Å². The number of carbonyl (C=O) groups excluding carboxylic acids is 1. The van der Waals surface area contributed by atoms with Gasteiger partial charge in [-0.1, -0.05) is 12.1 Å². The Balaban J connectivity index is 2.11. The summed E-state index contributed by atoms with van der Waals surface area (Å²) < 4.78 is 38.7. The topological polar surface area (TPSA) is 69.7 Å². The second kappa shape index (κ2) is 7.37. The fourth-order valence-corrected chi connectivity index (χ4v) is 3.28. The Morgan fingerprint density at radius 2 is 1.78 bits per heavy atom. The van der Waals surface area contributed by atoms with Gasteiger partial charge in [-0.3, -0.25) is 4.79 Å². The lowest BCUT2D eigenvalue weighted by atomic mass is 10.0. The average molecular weight is 343 g/mol. The molecule has 0 saturated carbocycles. The van der Waals surface area contributed by atoms with E-state index in [-0.39, 0.29) is 12.3 Å². The number of halogens is 1. The lowest BCUT2D eigenvalue weighted by molar-refractivity contribution is -0.133. The summed E-state index contributed by atoms with van der Waals surface area (Å²) in [6, 6.07) is 4.81. The number of sulfonamides is 1. The zero-order valence-electron chi connectivity index (χ0n) is 13.3. The molecule has 0 radical (unpaired) electrons. The first-order valence-electron chi connectivity index (χ1n) is 7.44. The van der Waals surface area contributed by atoms with Crippen molar-refractivity contribution in [1.29, 1.82) is 0 Å². The molecular formula is C15H22FN3O3S. The molecule has 23 heavy (non-hydrogen) atoms. The number of rotatable bonds is 5. The summed E-state index contributed by atoms with van der Waals surface area (Å²) in [6.45, 7) is 2.85. The number of benzene rings is 1. The third-order valence-electron chi connectivity index (χ3n) is 3.86. The van der Waals surface area contributed by atoms with E-state index in [9.17, 15) is 17.6 Å². The van der Waals surface area contributed by atoms with Crippen molar-refractivity contribution in [3.05, 3.63) is 35.6 Å². The SMILES string of the molecule is CN1CCN(C(=O)CC(NS(C)(=O)=O)c2ccc(F)cc2)CC1. The number of amides is 1. The molecule has 1 unspecified atom stereocenters. The molecule has 1 aromatic carbocycles. The predicted octanol–water partition coefficient (Wildman–Crippen LogP) is 0.580. The minimum atomic E-state index is -3.49. The van der Waals surface area contributed by atoms with E-state index in [0.717, 1.165) is 19.3 Å². The molecule has 0 aliphatic carbocycles. The van der Waals surface area contributed by atoms with Crippen molar-refractivity contribution >= 4 is 15.9 Å². The zero-order chi connectivity index (χ0) is 17.0. The minimum absolute atomic E-state index is 0.0163. The van der Waals surface area contributed by atoms with E-state index < -0.39 is 21.9 Å². The van der Waals surface area contributed by atoms with Gasteiger partial charge < -0.3 is 9.80 Å². The fraction of sp³-hybridized carbons (Fsp3) is 0.533. The van der Waals surface area contributed by atoms with Crippen LogP contribution in [0.5, 0.6) is 0 Å². The van der Waals surface area contributed by atoms with Gasteiger partial charge in [-0.25, -0.2) is 17.5 Å². The maximum absolute atomic E-state index is 13.1. The molecule has 0 aromatic heterocycles. The molecule has 1 saturated heterocycles. The lowest BCUT2D eigenvalue weighted by Gasteiger charge is -2.33. The summed E-state index contributed by atoms with van der Waals surface area (Å²) in [5.41, 5.74) is 0.569. The average Bonchev–Trinajstić information content (AvgIpc) is 2.46. The second-order valence-electron chi connectivity index (χ2n) is 5.88. The maximum Gasteiger partial charge on any atom is 0.224 e. The molecule has 1 atom stereocenters. The molecule has 1 amide bonds. The first-order valence-corrected chi connectivity index (χ1v) is 9.33. The number of likely N-dealkylation sites (N-methyl/N-ethyl adjacent to an activating group) is 1. The van der Waals surface area contributed by atoms with Crippen LogP contribution in [0.3, 0.4) is 0 Å². The van der Waals surface area contributed by atoms with Crippen LogP contribution >= 0.6 is 0 Å². The smallest absolute Gasteiger partial charge is 0.224 e. The van der Waals surface area contributed by atoms with Crippen LogP contribution in [-0.2, 0) is 14.8 Å². The van der Waals surface area contributed by atoms with Gasteiger partial charge in [-0.2, -0.15) is 0 Å². The lowest BCUT2D eigenvalue weighted by Crippen LogP contribution is -2.48. The molecular weight excluding hydrogens is 321 g/mol. The molecule has 6 nitrogen and oxygen atoms in total. The minimum Gasteiger partial charge on any atom is -0.340 e. The second-order valence-corrected chi connectivity index (χ2v) is 7.66. The first kappa shape index (κ1) is 17.8. The van der Waals surface area contributed by atoms with Crippen molar-refractivity contribution in [2.24, 2.45) is 0 Å². The molecule has 1 aromatic rings. The molecule has 1 aliphatic heterocycles. The highest BCUT2D eigenvalue weighted by atomic mass is 32.2. The highest BCUT2D eigenvalue weighted by Gasteiger charge is 2.25. The highest BCUT2D eigenvalue weighted by molar-refractivity contribution is 7.88. The Kier molecular flexibility index (Phi) is 5.72. The van der Waals surface area contributed by atoms with Gasteiger partial charge in [-0.05, 0) is 24.7 Å². The zero-order valence-corrected chi connectivity index (χ0v) is 14.1. The summed E-state index contributed by atoms with van der Waals surface area (Å²) >= 11 is 0. The van der Waals surface area contributed by atoms with E-state index >= 15 is 0 Å². The van der Waals surface area contributed by atoms with Crippen LogP contribution in [0.25, 0.3) is 0 Å². The van der Waals surface area contributed by atoms with Gasteiger partial charge in [-0.15, -0.1) is 0 Å². The van der Waals surface area contributed by atoms with Crippen LogP contribution < -0.4 is 4.72 Å². The van der Waals surface area contributed by atoms with Crippen LogP contribution in [0.4, 0.5) is 4.39 Å². The van der Waals surface area contributed by atoms with Crippen molar-refractivity contribution in [3.8, 4) is 0 Å². The molecule has 1 heterocycles. The maximum atomic E-state index is 13.1. The number of carbonyl (C=O) groups is 1. The van der Waals surface area contributed by atoms with E-state index in [4.69, 9.17) is 0 Å². The van der Waals surface area contributed by atoms with Gasteiger partial charge in [0, 0.05) is 32.6 Å². The largest absolute Gasteiger partial charge is 0.340 e. The van der Waals surface area contributed by atoms with Gasteiger partial charge in [0.05, 0.1) is 12.3 Å². The fourth-order valence-electron chi connectivity index (χ4n) is 2.54. The third kappa shape index (κ3) is 5.56. The van der Waals surface area contributed by atoms with Gasteiger partial charge >= 0.3 is 0 Å². The summed E-state index contributed by atoms with van der Waals surface area (Å²) in [5, 5.41) is 0. The molecule has 0 bridgehead atoms. The molecule has 128 valence electrons. The summed E-state index contributed by atoms with van der Waals surface area (Å²) in [4.78, 5) is 16.3. The quantitative estimate of drug-likeness (QED) is 0.849. The Morgan fingerprint density at radius 1 is 1.22 bits per heavy atom. The molecule has 8 heteroatoms. The van der Waals surface area contributed by atoms with E-state index in [1.165, 1.54) is 24.3 Å². The number of hydrogen-bond donors (Lipinski definition) is 1. The van der Waals surface area contributed by atoms with Crippen molar-refractivity contribution in [2.75, 3.05) is 39.5 Å². The van der Waals surface area contributed by atoms with Crippen LogP contribution in [0.1, 0.15) is 18.0 Å². The van der Waals surface area contributed by atoms with Gasteiger partial charge in [0.15, 0.2) is 0 Å². The van der Waals surface area contributed by atoms with E-state index in [2.05, 4.69) is 9.62 Å². The third-order valence-corrected chi connectivity index (χ3v) is 4.58. The van der Waals surface area contributed by atoms with E-state index in [1.807, 2.05) is 7.05 Å². The number of nitrogens with one attached hydrogen (secondary N) is 1. The van der Waals surface area contributed by atoms with Crippen molar-refractivity contribution in [1.82, 2.24) is 14.5 Å². The first-order chi connectivity index (χ1) is 10.7. The Bertz CT molecular complexity index is 640. The van der Waals surface area contributed by atoms with Crippen molar-refractivity contribution in [2.45, 2.75) is 12.5 Å². The Labute approximate surface area is 136 Å². The van der Waals surface area contributed by atoms with E-state index in [0.29, 0.717) is 18.7 Å². The van der Waals surface area contributed by atoms with Crippen molar-refractivity contribution < 1.29 is 17.6 Å². The Hall–Kier alpha value is -1.51. The van der Waals surface area contributed by atoms with Crippen LogP contribution in [0.2, 0.25) is 0 Å². The van der Waals surface area contributed by atoms with Crippen LogP contribution in [0.15, 0.2) is 24.3 Å². The van der Waals surface area contributed by atoms with Crippen LogP contribution in [-0.4, -0.2) is 63.6 Å². The number of nitrogens with zero attached hydrogens (tertiary/aromatic N) is 2. The molecule has 1 fully saturated rings. The monoisotopic (exact) mass is 343 g/mol. The summed E-state index contributed by atoms with van der Waals surface area (Å²) in [6.07, 6.45) is 1.06. The van der Waals surface area contributed by atoms with Gasteiger partial charge in [0.2, 0.25) is 15.9 Å². The molecule has 2 rings (SSSR count). The van der Waals surface area contributed by atoms with E-state index in [1.54, 1.807) is 4.90 Å². The molecule has 1 N–H and O–H groups in total. The molecule has 0 spiro atoms. The van der Waals surface area contributed by atoms with Crippen LogP contribution in [0, 0.1) is 5.82 Å².